The van der Waals surface area contributed by atoms with E-state index in [9.17, 15) is 0 Å². The molecule has 0 saturated carbocycles. The second-order valence-electron chi connectivity index (χ2n) is 2.36. The Morgan fingerprint density at radius 3 is 2.27 bits per heavy atom. The number of halogens is 1. The molecule has 4 unspecified atom stereocenters. The molecule has 11 heavy (non-hydrogen) atoms. The maximum atomic E-state index is 9.00. The topological polar surface area (TPSA) is 95.9 Å². The summed E-state index contributed by atoms with van der Waals surface area (Å²) in [6.45, 7) is -0.0734. The van der Waals surface area contributed by atoms with Crippen molar-refractivity contribution in [3.05, 3.63) is 0 Å². The van der Waals surface area contributed by atoms with Gasteiger partial charge in [0.05, 0.1) is 12.6 Å². The second kappa shape index (κ2) is 4.20. The van der Waals surface area contributed by atoms with Crippen molar-refractivity contribution < 1.29 is 20.1 Å². The Hall–Kier alpha value is 0.0900. The molecule has 0 aromatic rings. The molecule has 0 aromatic carbocycles. The minimum atomic E-state index is -1.17. The molecule has 5 nitrogen and oxygen atoms in total. The maximum Gasteiger partial charge on any atom is 0.172 e. The lowest BCUT2D eigenvalue weighted by Gasteiger charge is -2.32. The van der Waals surface area contributed by atoms with Crippen LogP contribution in [0, 0.1) is 0 Å². The highest BCUT2D eigenvalue weighted by Gasteiger charge is 2.34. The first kappa shape index (κ1) is 11.1. The Morgan fingerprint density at radius 1 is 1.27 bits per heavy atom. The molecule has 1 saturated heterocycles. The van der Waals surface area contributed by atoms with Crippen molar-refractivity contribution in [2.45, 2.75) is 24.5 Å². The number of hydrogen-bond donors (Lipinski definition) is 4. The summed E-state index contributed by atoms with van der Waals surface area (Å²) in [5.74, 6) is 0. The van der Waals surface area contributed by atoms with Gasteiger partial charge in [-0.3, -0.25) is 0 Å². The highest BCUT2D eigenvalue weighted by atomic mass is 35.5. The van der Waals surface area contributed by atoms with Crippen LogP contribution in [0.2, 0.25) is 0 Å². The van der Waals surface area contributed by atoms with Gasteiger partial charge in [-0.15, -0.1) is 12.4 Å². The third kappa shape index (κ3) is 2.26. The smallest absolute Gasteiger partial charge is 0.172 e. The van der Waals surface area contributed by atoms with Crippen LogP contribution in [-0.4, -0.2) is 46.5 Å². The lowest BCUT2D eigenvalue weighted by Crippen LogP contribution is -2.57. The predicted molar refractivity (Wildman–Crippen MR) is 39.2 cm³/mol. The van der Waals surface area contributed by atoms with Gasteiger partial charge in [0.1, 0.15) is 12.2 Å². The molecule has 68 valence electrons. The van der Waals surface area contributed by atoms with Gasteiger partial charge in [0, 0.05) is 0 Å². The summed E-state index contributed by atoms with van der Waals surface area (Å²) in [7, 11) is 0. The van der Waals surface area contributed by atoms with Gasteiger partial charge >= 0.3 is 0 Å². The lowest BCUT2D eigenvalue weighted by molar-refractivity contribution is -0.205. The normalized spacial score (nSPS) is 44.7. The van der Waals surface area contributed by atoms with E-state index < -0.39 is 24.5 Å². The third-order valence-electron chi connectivity index (χ3n) is 1.56. The minimum Gasteiger partial charge on any atom is -0.389 e. The van der Waals surface area contributed by atoms with Crippen LogP contribution in [0.15, 0.2) is 0 Å². The molecule has 1 rings (SSSR count). The average molecular weight is 186 g/mol. The van der Waals surface area contributed by atoms with Crippen LogP contribution in [0.3, 0.4) is 0 Å². The van der Waals surface area contributed by atoms with Crippen molar-refractivity contribution >= 4 is 12.4 Å². The van der Waals surface area contributed by atoms with Gasteiger partial charge in [0.2, 0.25) is 0 Å². The largest absolute Gasteiger partial charge is 0.389 e. The monoisotopic (exact) mass is 185 g/mol. The highest BCUT2D eigenvalue weighted by molar-refractivity contribution is 5.85. The standard InChI is InChI=1S/C5H11NO4.ClH/c6-3-4(8)2(7)1-10-5(3)9;/h2-5,7-9H,1,6H2;1H. The van der Waals surface area contributed by atoms with Crippen LogP contribution >= 0.6 is 12.4 Å². The van der Waals surface area contributed by atoms with Gasteiger partial charge in [0.25, 0.3) is 0 Å². The molecule has 0 bridgehead atoms. The van der Waals surface area contributed by atoms with Crippen molar-refractivity contribution in [1.82, 2.24) is 0 Å². The summed E-state index contributed by atoms with van der Waals surface area (Å²) in [6.07, 6.45) is -3.25. The Kier molecular flexibility index (Phi) is 4.23. The van der Waals surface area contributed by atoms with Crippen molar-refractivity contribution in [3.63, 3.8) is 0 Å². The van der Waals surface area contributed by atoms with Crippen molar-refractivity contribution in [2.75, 3.05) is 6.61 Å². The van der Waals surface area contributed by atoms with E-state index in [4.69, 9.17) is 21.1 Å². The number of ether oxygens (including phenoxy) is 1. The van der Waals surface area contributed by atoms with E-state index in [2.05, 4.69) is 4.74 Å². The van der Waals surface area contributed by atoms with E-state index in [1.165, 1.54) is 0 Å². The van der Waals surface area contributed by atoms with Crippen molar-refractivity contribution in [3.8, 4) is 0 Å². The van der Waals surface area contributed by atoms with Gasteiger partial charge in [0.15, 0.2) is 6.29 Å². The van der Waals surface area contributed by atoms with E-state index in [0.717, 1.165) is 0 Å². The Labute approximate surface area is 70.2 Å². The molecule has 1 heterocycles. The minimum absolute atomic E-state index is 0. The zero-order valence-corrected chi connectivity index (χ0v) is 6.57. The Balaban J connectivity index is 0.000001000. The van der Waals surface area contributed by atoms with Crippen LogP contribution in [0.25, 0.3) is 0 Å². The van der Waals surface area contributed by atoms with Gasteiger partial charge in [-0.2, -0.15) is 0 Å². The SMILES string of the molecule is Cl.NC1C(O)OCC(O)C1O. The first-order valence-electron chi connectivity index (χ1n) is 3.04. The third-order valence-corrected chi connectivity index (χ3v) is 1.56. The predicted octanol–water partition coefficient (Wildman–Crippen LogP) is -2.19. The van der Waals surface area contributed by atoms with Crippen LogP contribution in [0.1, 0.15) is 0 Å². The Morgan fingerprint density at radius 2 is 1.82 bits per heavy atom. The summed E-state index contributed by atoms with van der Waals surface area (Å²) in [4.78, 5) is 0. The highest BCUT2D eigenvalue weighted by Crippen LogP contribution is 2.10. The summed E-state index contributed by atoms with van der Waals surface area (Å²) in [5, 5.41) is 26.7. The number of rotatable bonds is 0. The fraction of sp³-hybridized carbons (Fsp3) is 1.00. The summed E-state index contributed by atoms with van der Waals surface area (Å²) in [5.41, 5.74) is 5.23. The van der Waals surface area contributed by atoms with Gasteiger partial charge in [-0.05, 0) is 0 Å². The lowest BCUT2D eigenvalue weighted by atomic mass is 10.0. The van der Waals surface area contributed by atoms with Gasteiger partial charge in [-0.25, -0.2) is 0 Å². The zero-order chi connectivity index (χ0) is 7.72. The number of hydrogen-bond acceptors (Lipinski definition) is 5. The molecular formula is C5H12ClNO4. The molecule has 0 aromatic heterocycles. The first-order chi connectivity index (χ1) is 4.63. The fourth-order valence-electron chi connectivity index (χ4n) is 0.832. The van der Waals surface area contributed by atoms with Gasteiger partial charge in [-0.1, -0.05) is 0 Å². The molecule has 5 N–H and O–H groups in total. The number of aliphatic hydroxyl groups excluding tert-OH is 3. The zero-order valence-electron chi connectivity index (χ0n) is 5.75. The quantitative estimate of drug-likeness (QED) is 0.344. The number of nitrogens with two attached hydrogens (primary N) is 1. The molecule has 1 fully saturated rings. The first-order valence-corrected chi connectivity index (χ1v) is 3.04. The van der Waals surface area contributed by atoms with Crippen LogP contribution in [0.4, 0.5) is 0 Å². The van der Waals surface area contributed by atoms with Crippen LogP contribution < -0.4 is 5.73 Å². The Bertz CT molecular complexity index is 111. The molecule has 0 spiro atoms. The molecule has 1 aliphatic heterocycles. The second-order valence-corrected chi connectivity index (χ2v) is 2.36. The molecule has 0 amide bonds. The molecule has 1 aliphatic rings. The molecular weight excluding hydrogens is 174 g/mol. The maximum absolute atomic E-state index is 9.00. The summed E-state index contributed by atoms with van der Waals surface area (Å²) < 4.78 is 4.59. The van der Waals surface area contributed by atoms with Crippen LogP contribution in [-0.2, 0) is 4.74 Å². The average Bonchev–Trinajstić information content (AvgIpc) is 1.93. The molecule has 4 atom stereocenters. The molecule has 0 aliphatic carbocycles. The van der Waals surface area contributed by atoms with Gasteiger partial charge < -0.3 is 25.8 Å². The molecule has 6 heteroatoms. The summed E-state index contributed by atoms with van der Waals surface area (Å²) >= 11 is 0. The van der Waals surface area contributed by atoms with E-state index in [0.29, 0.717) is 0 Å². The fourth-order valence-corrected chi connectivity index (χ4v) is 0.832. The van der Waals surface area contributed by atoms with Crippen molar-refractivity contribution in [2.24, 2.45) is 5.73 Å². The van der Waals surface area contributed by atoms with Crippen LogP contribution in [0.5, 0.6) is 0 Å². The van der Waals surface area contributed by atoms with E-state index >= 15 is 0 Å². The van der Waals surface area contributed by atoms with E-state index in [-0.39, 0.29) is 19.0 Å². The van der Waals surface area contributed by atoms with E-state index in [1.54, 1.807) is 0 Å². The van der Waals surface area contributed by atoms with Crippen molar-refractivity contribution in [1.29, 1.82) is 0 Å². The number of aliphatic hydroxyl groups is 3. The molecule has 0 radical (unpaired) electrons. The van der Waals surface area contributed by atoms with E-state index in [1.807, 2.05) is 0 Å². The summed E-state index contributed by atoms with van der Waals surface area (Å²) in [6, 6.07) is -0.913.